The molecule has 0 aliphatic rings. The van der Waals surface area contributed by atoms with Crippen molar-refractivity contribution in [1.82, 2.24) is 4.72 Å². The summed E-state index contributed by atoms with van der Waals surface area (Å²) in [6.45, 7) is 5.01. The Morgan fingerprint density at radius 2 is 2.05 bits per heavy atom. The summed E-state index contributed by atoms with van der Waals surface area (Å²) in [4.78, 5) is 10.0. The van der Waals surface area contributed by atoms with Crippen LogP contribution >= 0.6 is 11.6 Å². The maximum Gasteiger partial charge on any atom is 0.275 e. The normalized spacial score (nSPS) is 13.3. The Morgan fingerprint density at radius 1 is 1.47 bits per heavy atom. The Balaban J connectivity index is 3.32. The highest BCUT2D eigenvalue weighted by Gasteiger charge is 2.23. The molecule has 1 N–H and O–H groups in total. The third-order valence-corrected chi connectivity index (χ3v) is 4.73. The second-order valence-corrected chi connectivity index (χ2v) is 6.36. The molecule has 0 aromatic heterocycles. The van der Waals surface area contributed by atoms with Crippen molar-refractivity contribution in [2.45, 2.75) is 38.1 Å². The number of nitrogens with one attached hydrogen (secondary N) is 1. The van der Waals surface area contributed by atoms with Crippen LogP contribution in [0.15, 0.2) is 17.0 Å². The van der Waals surface area contributed by atoms with E-state index in [-0.39, 0.29) is 27.2 Å². The summed E-state index contributed by atoms with van der Waals surface area (Å²) in [5, 5.41) is 10.9. The van der Waals surface area contributed by atoms with Crippen LogP contribution in [0, 0.1) is 17.0 Å². The van der Waals surface area contributed by atoms with Crippen molar-refractivity contribution in [2.24, 2.45) is 0 Å². The average molecular weight is 307 g/mol. The summed E-state index contributed by atoms with van der Waals surface area (Å²) >= 11 is 5.84. The molecule has 1 unspecified atom stereocenters. The second kappa shape index (κ2) is 5.85. The number of hydrogen-bond acceptors (Lipinski definition) is 4. The van der Waals surface area contributed by atoms with E-state index in [0.29, 0.717) is 6.42 Å². The number of sulfonamides is 1. The van der Waals surface area contributed by atoms with Gasteiger partial charge in [-0.3, -0.25) is 10.1 Å². The lowest BCUT2D eigenvalue weighted by molar-refractivity contribution is -0.385. The fourth-order valence-electron chi connectivity index (χ4n) is 1.40. The van der Waals surface area contributed by atoms with Crippen LogP contribution in [0.2, 0.25) is 5.02 Å². The Bertz CT molecular complexity index is 601. The second-order valence-electron chi connectivity index (χ2n) is 4.24. The molecule has 0 spiro atoms. The van der Waals surface area contributed by atoms with Gasteiger partial charge in [0.2, 0.25) is 10.0 Å². The molecular weight excluding hydrogens is 292 g/mol. The predicted molar refractivity (Wildman–Crippen MR) is 72.9 cm³/mol. The van der Waals surface area contributed by atoms with Crippen LogP contribution in [-0.2, 0) is 10.0 Å². The Hall–Kier alpha value is -1.18. The van der Waals surface area contributed by atoms with Crippen LogP contribution in [-0.4, -0.2) is 19.4 Å². The molecule has 0 saturated heterocycles. The fourth-order valence-corrected chi connectivity index (χ4v) is 3.05. The van der Waals surface area contributed by atoms with Crippen molar-refractivity contribution < 1.29 is 13.3 Å². The smallest absolute Gasteiger partial charge is 0.258 e. The summed E-state index contributed by atoms with van der Waals surface area (Å²) in [6.07, 6.45) is 0.612. The summed E-state index contributed by atoms with van der Waals surface area (Å²) in [7, 11) is -3.81. The van der Waals surface area contributed by atoms with Crippen molar-refractivity contribution in [2.75, 3.05) is 0 Å². The summed E-state index contributed by atoms with van der Waals surface area (Å²) in [5.41, 5.74) is -0.0637. The highest BCUT2D eigenvalue weighted by atomic mass is 35.5. The molecular formula is C11H15ClN2O4S. The van der Waals surface area contributed by atoms with Gasteiger partial charge in [-0.15, -0.1) is 0 Å². The Morgan fingerprint density at radius 3 is 2.53 bits per heavy atom. The van der Waals surface area contributed by atoms with Gasteiger partial charge < -0.3 is 0 Å². The zero-order valence-electron chi connectivity index (χ0n) is 10.8. The average Bonchev–Trinajstić information content (AvgIpc) is 2.31. The monoisotopic (exact) mass is 306 g/mol. The van der Waals surface area contributed by atoms with Gasteiger partial charge in [0.25, 0.3) is 5.69 Å². The molecule has 19 heavy (non-hydrogen) atoms. The minimum Gasteiger partial charge on any atom is -0.258 e. The van der Waals surface area contributed by atoms with Gasteiger partial charge in [0.05, 0.1) is 14.8 Å². The topological polar surface area (TPSA) is 89.3 Å². The van der Waals surface area contributed by atoms with Crippen molar-refractivity contribution in [3.8, 4) is 0 Å². The Kier molecular flexibility index (Phi) is 4.89. The molecule has 0 aliphatic carbocycles. The third kappa shape index (κ3) is 3.65. The van der Waals surface area contributed by atoms with E-state index >= 15 is 0 Å². The molecule has 0 aliphatic heterocycles. The van der Waals surface area contributed by atoms with E-state index in [1.807, 2.05) is 6.92 Å². The quantitative estimate of drug-likeness (QED) is 0.669. The van der Waals surface area contributed by atoms with Crippen molar-refractivity contribution >= 4 is 27.3 Å². The molecule has 0 radical (unpaired) electrons. The first-order valence-electron chi connectivity index (χ1n) is 5.66. The molecule has 0 heterocycles. The largest absolute Gasteiger partial charge is 0.275 e. The first kappa shape index (κ1) is 15.9. The lowest BCUT2D eigenvalue weighted by Gasteiger charge is -2.12. The molecule has 1 atom stereocenters. The minimum atomic E-state index is -3.81. The minimum absolute atomic E-state index is 0.0544. The highest BCUT2D eigenvalue weighted by Crippen LogP contribution is 2.29. The van der Waals surface area contributed by atoms with Gasteiger partial charge in [0.15, 0.2) is 0 Å². The molecule has 6 nitrogen and oxygen atoms in total. The van der Waals surface area contributed by atoms with Gasteiger partial charge >= 0.3 is 0 Å². The van der Waals surface area contributed by atoms with Crippen molar-refractivity contribution in [3.63, 3.8) is 0 Å². The molecule has 1 aromatic rings. The highest BCUT2D eigenvalue weighted by molar-refractivity contribution is 7.89. The maximum absolute atomic E-state index is 12.0. The van der Waals surface area contributed by atoms with E-state index in [4.69, 9.17) is 11.6 Å². The summed E-state index contributed by atoms with van der Waals surface area (Å²) in [6, 6.07) is 1.98. The van der Waals surface area contributed by atoms with Gasteiger partial charge in [-0.05, 0) is 26.3 Å². The van der Waals surface area contributed by atoms with Crippen LogP contribution in [0.25, 0.3) is 0 Å². The number of nitrogens with zero attached hydrogens (tertiary/aromatic N) is 1. The summed E-state index contributed by atoms with van der Waals surface area (Å²) in [5.74, 6) is 0. The lowest BCUT2D eigenvalue weighted by atomic mass is 10.2. The SMILES string of the molecule is CCC(C)NS(=O)(=O)c1cc(Cl)c(C)c([N+](=O)[O-])c1. The zero-order valence-corrected chi connectivity index (χ0v) is 12.4. The van der Waals surface area contributed by atoms with E-state index in [1.165, 1.54) is 13.0 Å². The van der Waals surface area contributed by atoms with E-state index < -0.39 is 14.9 Å². The van der Waals surface area contributed by atoms with E-state index in [1.54, 1.807) is 6.92 Å². The van der Waals surface area contributed by atoms with Crippen LogP contribution in [0.5, 0.6) is 0 Å². The Labute approximate surface area is 117 Å². The lowest BCUT2D eigenvalue weighted by Crippen LogP contribution is -2.32. The van der Waals surface area contributed by atoms with Crippen LogP contribution in [0.3, 0.4) is 0 Å². The first-order valence-corrected chi connectivity index (χ1v) is 7.52. The van der Waals surface area contributed by atoms with Crippen LogP contribution < -0.4 is 4.72 Å². The molecule has 0 fully saturated rings. The number of benzene rings is 1. The van der Waals surface area contributed by atoms with Crippen molar-refractivity contribution in [3.05, 3.63) is 32.8 Å². The van der Waals surface area contributed by atoms with Gasteiger partial charge in [-0.25, -0.2) is 13.1 Å². The number of nitro benzene ring substituents is 1. The first-order chi connectivity index (χ1) is 8.69. The van der Waals surface area contributed by atoms with E-state index in [2.05, 4.69) is 4.72 Å². The molecule has 106 valence electrons. The van der Waals surface area contributed by atoms with Gasteiger partial charge in [0, 0.05) is 17.7 Å². The van der Waals surface area contributed by atoms with Gasteiger partial charge in [-0.2, -0.15) is 0 Å². The third-order valence-electron chi connectivity index (χ3n) is 2.77. The molecule has 0 bridgehead atoms. The molecule has 0 amide bonds. The zero-order chi connectivity index (χ0) is 14.8. The summed E-state index contributed by atoms with van der Waals surface area (Å²) < 4.78 is 26.5. The molecule has 1 aromatic carbocycles. The molecule has 1 rings (SSSR count). The fraction of sp³-hybridized carbons (Fsp3) is 0.455. The van der Waals surface area contributed by atoms with Gasteiger partial charge in [-0.1, -0.05) is 18.5 Å². The van der Waals surface area contributed by atoms with Crippen LogP contribution in [0.1, 0.15) is 25.8 Å². The van der Waals surface area contributed by atoms with E-state index in [9.17, 15) is 18.5 Å². The van der Waals surface area contributed by atoms with Crippen molar-refractivity contribution in [1.29, 1.82) is 0 Å². The molecule has 0 saturated carbocycles. The van der Waals surface area contributed by atoms with Gasteiger partial charge in [0.1, 0.15) is 0 Å². The predicted octanol–water partition coefficient (Wildman–Crippen LogP) is 2.63. The maximum atomic E-state index is 12.0. The standard InChI is InChI=1S/C11H15ClN2O4S/c1-4-7(2)13-19(17,18)9-5-10(12)8(3)11(6-9)14(15)16/h5-7,13H,4H2,1-3H3. The number of nitro groups is 1. The molecule has 8 heteroatoms. The number of rotatable bonds is 5. The number of hydrogen-bond donors (Lipinski definition) is 1. The number of halogens is 1. The van der Waals surface area contributed by atoms with E-state index in [0.717, 1.165) is 6.07 Å². The van der Waals surface area contributed by atoms with Crippen LogP contribution in [0.4, 0.5) is 5.69 Å².